The monoisotopic (exact) mass is 468 g/mol. The van der Waals surface area contributed by atoms with Crippen molar-refractivity contribution >= 4 is 21.8 Å². The standard InChI is InChI=1S/C17H11BrF6N2O2/c18-9-1-2-10-11(4-9)27-6-13(19)16(10)7-26-5-8(17(22,23)24)3-12(14(26)25-16)28-15(20)21/h1-5,13,15H,6-7H2/t13-,16?/m0/s1. The van der Waals surface area contributed by atoms with Crippen LogP contribution in [0.4, 0.5) is 26.3 Å². The molecule has 1 spiro atoms. The highest BCUT2D eigenvalue weighted by Crippen LogP contribution is 2.48. The number of aliphatic imine (C=N–C) groups is 1. The molecule has 0 aliphatic carbocycles. The summed E-state index contributed by atoms with van der Waals surface area (Å²) < 4.78 is 90.3. The number of hydrogen-bond donors (Lipinski definition) is 0. The first kappa shape index (κ1) is 19.2. The minimum atomic E-state index is -4.80. The third kappa shape index (κ3) is 3.05. The lowest BCUT2D eigenvalue weighted by Crippen LogP contribution is -2.46. The highest BCUT2D eigenvalue weighted by Gasteiger charge is 2.53. The molecule has 3 aliphatic rings. The van der Waals surface area contributed by atoms with Crippen LogP contribution in [0, 0.1) is 0 Å². The number of alkyl halides is 6. The summed E-state index contributed by atoms with van der Waals surface area (Å²) in [5.41, 5.74) is -2.49. The summed E-state index contributed by atoms with van der Waals surface area (Å²) in [6.45, 7) is -4.05. The zero-order chi connectivity index (χ0) is 20.3. The summed E-state index contributed by atoms with van der Waals surface area (Å²) in [7, 11) is 0. The number of ether oxygens (including phenoxy) is 2. The summed E-state index contributed by atoms with van der Waals surface area (Å²) >= 11 is 3.26. The van der Waals surface area contributed by atoms with Gasteiger partial charge in [0.05, 0.1) is 12.1 Å². The molecule has 0 bridgehead atoms. The van der Waals surface area contributed by atoms with E-state index in [0.717, 1.165) is 4.90 Å². The Morgan fingerprint density at radius 2 is 2.07 bits per heavy atom. The third-order valence-electron chi connectivity index (χ3n) is 4.65. The van der Waals surface area contributed by atoms with Crippen LogP contribution in [0.25, 0.3) is 0 Å². The molecule has 0 amide bonds. The van der Waals surface area contributed by atoms with Crippen LogP contribution in [-0.4, -0.2) is 42.8 Å². The molecule has 4 nitrogen and oxygen atoms in total. The highest BCUT2D eigenvalue weighted by atomic mass is 79.9. The van der Waals surface area contributed by atoms with Gasteiger partial charge >= 0.3 is 12.8 Å². The number of hydrogen-bond acceptors (Lipinski definition) is 4. The van der Waals surface area contributed by atoms with E-state index in [-0.39, 0.29) is 19.0 Å². The van der Waals surface area contributed by atoms with Crippen LogP contribution in [0.3, 0.4) is 0 Å². The molecule has 3 aliphatic heterocycles. The lowest BCUT2D eigenvalue weighted by atomic mass is 9.84. The molecule has 1 aromatic rings. The maximum atomic E-state index is 15.0. The number of allylic oxidation sites excluding steroid dienone is 2. The van der Waals surface area contributed by atoms with Crippen LogP contribution in [-0.2, 0) is 10.3 Å². The summed E-state index contributed by atoms with van der Waals surface area (Å²) in [4.78, 5) is 5.23. The predicted molar refractivity (Wildman–Crippen MR) is 89.7 cm³/mol. The summed E-state index contributed by atoms with van der Waals surface area (Å²) in [5.74, 6) is -0.737. The molecule has 0 fully saturated rings. The fourth-order valence-corrected chi connectivity index (χ4v) is 3.77. The van der Waals surface area contributed by atoms with Gasteiger partial charge in [-0.3, -0.25) is 0 Å². The van der Waals surface area contributed by atoms with Gasteiger partial charge in [0.25, 0.3) is 0 Å². The maximum Gasteiger partial charge on any atom is 0.417 e. The Morgan fingerprint density at radius 3 is 2.75 bits per heavy atom. The molecule has 0 N–H and O–H groups in total. The van der Waals surface area contributed by atoms with Crippen molar-refractivity contribution in [2.45, 2.75) is 24.5 Å². The Kier molecular flexibility index (Phi) is 4.40. The van der Waals surface area contributed by atoms with Crippen molar-refractivity contribution < 1.29 is 35.8 Å². The van der Waals surface area contributed by atoms with E-state index in [2.05, 4.69) is 25.7 Å². The number of amidine groups is 1. The van der Waals surface area contributed by atoms with Crippen LogP contribution in [0.1, 0.15) is 5.56 Å². The lowest BCUT2D eigenvalue weighted by molar-refractivity contribution is -0.0981. The Balaban J connectivity index is 1.84. The number of benzene rings is 1. The number of nitrogens with zero attached hydrogens (tertiary/aromatic N) is 2. The van der Waals surface area contributed by atoms with E-state index in [0.29, 0.717) is 28.1 Å². The molecule has 3 heterocycles. The number of rotatable bonds is 2. The van der Waals surface area contributed by atoms with Gasteiger partial charge in [0.1, 0.15) is 17.9 Å². The second kappa shape index (κ2) is 6.43. The van der Waals surface area contributed by atoms with Gasteiger partial charge in [-0.2, -0.15) is 22.0 Å². The lowest BCUT2D eigenvalue weighted by Gasteiger charge is -2.36. The van der Waals surface area contributed by atoms with E-state index in [4.69, 9.17) is 4.74 Å². The molecule has 11 heteroatoms. The smallest absolute Gasteiger partial charge is 0.417 e. The molecule has 28 heavy (non-hydrogen) atoms. The number of halogens is 7. The second-order valence-corrected chi connectivity index (χ2v) is 7.29. The SMILES string of the molecule is FC(F)OC1=CC(C(F)(F)F)=CN2CC3(N=C12)c1ccc(Br)cc1OC[C@@H]3F. The van der Waals surface area contributed by atoms with Crippen LogP contribution in [0.5, 0.6) is 5.75 Å². The largest absolute Gasteiger partial charge is 0.490 e. The van der Waals surface area contributed by atoms with E-state index in [1.165, 1.54) is 0 Å². The molecule has 4 rings (SSSR count). The fraction of sp³-hybridized carbons (Fsp3) is 0.353. The van der Waals surface area contributed by atoms with Crippen LogP contribution >= 0.6 is 15.9 Å². The fourth-order valence-electron chi connectivity index (χ4n) is 3.43. The molecular formula is C17H11BrF6N2O2. The maximum absolute atomic E-state index is 15.0. The van der Waals surface area contributed by atoms with Gasteiger partial charge < -0.3 is 14.4 Å². The zero-order valence-corrected chi connectivity index (χ0v) is 15.4. The van der Waals surface area contributed by atoms with Gasteiger partial charge in [0.15, 0.2) is 17.8 Å². The van der Waals surface area contributed by atoms with Crippen molar-refractivity contribution in [1.29, 1.82) is 0 Å². The molecule has 0 saturated heterocycles. The molecular weight excluding hydrogens is 458 g/mol. The average Bonchev–Trinajstić information content (AvgIpc) is 2.98. The first-order valence-corrected chi connectivity index (χ1v) is 8.79. The van der Waals surface area contributed by atoms with Gasteiger partial charge in [-0.25, -0.2) is 9.38 Å². The summed E-state index contributed by atoms with van der Waals surface area (Å²) in [6.07, 6.45) is -5.34. The quantitative estimate of drug-likeness (QED) is 0.591. The second-order valence-electron chi connectivity index (χ2n) is 6.38. The van der Waals surface area contributed by atoms with Crippen molar-refractivity contribution in [2.24, 2.45) is 4.99 Å². The van der Waals surface area contributed by atoms with Crippen molar-refractivity contribution in [2.75, 3.05) is 13.2 Å². The van der Waals surface area contributed by atoms with Crippen LogP contribution in [0.2, 0.25) is 0 Å². The van der Waals surface area contributed by atoms with Gasteiger partial charge in [-0.05, 0) is 18.2 Å². The third-order valence-corrected chi connectivity index (χ3v) is 5.14. The minimum Gasteiger partial charge on any atom is -0.490 e. The molecule has 2 atom stereocenters. The van der Waals surface area contributed by atoms with Gasteiger partial charge in [0, 0.05) is 16.2 Å². The average molecular weight is 469 g/mol. The minimum absolute atomic E-state index is 0.285. The van der Waals surface area contributed by atoms with Crippen molar-refractivity contribution in [3.05, 3.63) is 51.8 Å². The van der Waals surface area contributed by atoms with Crippen molar-refractivity contribution in [3.8, 4) is 5.75 Å². The Hall–Kier alpha value is -2.17. The highest BCUT2D eigenvalue weighted by molar-refractivity contribution is 9.10. The number of fused-ring (bicyclic) bond motifs is 3. The normalized spacial score (nSPS) is 26.4. The Morgan fingerprint density at radius 1 is 1.32 bits per heavy atom. The van der Waals surface area contributed by atoms with E-state index < -0.39 is 35.8 Å². The van der Waals surface area contributed by atoms with E-state index in [1.54, 1.807) is 18.2 Å². The molecule has 0 radical (unpaired) electrons. The first-order valence-electron chi connectivity index (χ1n) is 7.99. The van der Waals surface area contributed by atoms with Crippen LogP contribution < -0.4 is 4.74 Å². The molecule has 150 valence electrons. The summed E-state index contributed by atoms with van der Waals surface area (Å²) in [6, 6.07) is 4.74. The molecule has 1 unspecified atom stereocenters. The zero-order valence-electron chi connectivity index (χ0n) is 13.8. The van der Waals surface area contributed by atoms with Gasteiger partial charge in [-0.15, -0.1) is 0 Å². The van der Waals surface area contributed by atoms with E-state index in [9.17, 15) is 26.3 Å². The van der Waals surface area contributed by atoms with E-state index >= 15 is 0 Å². The van der Waals surface area contributed by atoms with Gasteiger partial charge in [0.2, 0.25) is 0 Å². The first-order chi connectivity index (χ1) is 13.1. The van der Waals surface area contributed by atoms with Gasteiger partial charge in [-0.1, -0.05) is 22.0 Å². The molecule has 0 aromatic heterocycles. The Labute approximate surface area is 163 Å². The van der Waals surface area contributed by atoms with E-state index in [1.807, 2.05) is 0 Å². The van der Waals surface area contributed by atoms with Crippen molar-refractivity contribution in [1.82, 2.24) is 4.90 Å². The Bertz CT molecular complexity index is 913. The van der Waals surface area contributed by atoms with Crippen molar-refractivity contribution in [3.63, 3.8) is 0 Å². The molecule has 0 saturated carbocycles. The topological polar surface area (TPSA) is 34.1 Å². The predicted octanol–water partition coefficient (Wildman–Crippen LogP) is 4.67. The van der Waals surface area contributed by atoms with Crippen LogP contribution in [0.15, 0.2) is 51.3 Å². The molecule has 1 aromatic carbocycles. The summed E-state index contributed by atoms with van der Waals surface area (Å²) in [5, 5.41) is 0.